The Morgan fingerprint density at radius 1 is 1.12 bits per heavy atom. The van der Waals surface area contributed by atoms with Crippen LogP contribution in [-0.4, -0.2) is 0 Å². The highest BCUT2D eigenvalue weighted by Crippen LogP contribution is 2.37. The van der Waals surface area contributed by atoms with E-state index in [0.29, 0.717) is 6.07 Å². The van der Waals surface area contributed by atoms with E-state index >= 15 is 0 Å². The molecule has 90 valence electrons. The van der Waals surface area contributed by atoms with Gasteiger partial charge in [-0.05, 0) is 32.0 Å². The van der Waals surface area contributed by atoms with Gasteiger partial charge in [0.15, 0.2) is 0 Å². The van der Waals surface area contributed by atoms with E-state index in [-0.39, 0.29) is 5.56 Å². The van der Waals surface area contributed by atoms with E-state index in [1.54, 1.807) is 0 Å². The minimum Gasteiger partial charge on any atom is -0.294 e. The Morgan fingerprint density at radius 3 is 2.12 bits per heavy atom. The van der Waals surface area contributed by atoms with Gasteiger partial charge >= 0.3 is 6.18 Å². The first kappa shape index (κ1) is 12.9. The SMILES string of the molecule is CC(C)(ON)c1cc(F)ccc1C(F)(F)F. The van der Waals surface area contributed by atoms with Gasteiger partial charge < -0.3 is 0 Å². The zero-order chi connectivity index (χ0) is 12.6. The molecule has 16 heavy (non-hydrogen) atoms. The number of rotatable bonds is 2. The Balaban J connectivity index is 3.41. The lowest BCUT2D eigenvalue weighted by Crippen LogP contribution is -2.28. The first-order valence-corrected chi connectivity index (χ1v) is 4.43. The summed E-state index contributed by atoms with van der Waals surface area (Å²) in [6.07, 6.45) is -4.57. The predicted octanol–water partition coefficient (Wildman–Crippen LogP) is 2.97. The first-order valence-electron chi connectivity index (χ1n) is 4.43. The molecule has 0 aromatic heterocycles. The molecule has 0 aliphatic carbocycles. The van der Waals surface area contributed by atoms with Gasteiger partial charge in [-0.2, -0.15) is 13.2 Å². The predicted molar refractivity (Wildman–Crippen MR) is 49.7 cm³/mol. The Bertz CT molecular complexity index is 387. The van der Waals surface area contributed by atoms with Gasteiger partial charge in [-0.25, -0.2) is 10.3 Å². The van der Waals surface area contributed by atoms with Crippen molar-refractivity contribution in [3.63, 3.8) is 0 Å². The van der Waals surface area contributed by atoms with Gasteiger partial charge in [0.05, 0.1) is 5.56 Å². The van der Waals surface area contributed by atoms with Crippen LogP contribution >= 0.6 is 0 Å². The third kappa shape index (κ3) is 2.51. The topological polar surface area (TPSA) is 35.2 Å². The summed E-state index contributed by atoms with van der Waals surface area (Å²) in [6, 6.07) is 2.19. The molecular formula is C10H11F4NO. The Hall–Kier alpha value is -1.14. The van der Waals surface area contributed by atoms with E-state index in [0.717, 1.165) is 12.1 Å². The number of hydrogen-bond donors (Lipinski definition) is 1. The monoisotopic (exact) mass is 237 g/mol. The molecule has 0 saturated heterocycles. The molecule has 6 heteroatoms. The molecule has 0 atom stereocenters. The second kappa shape index (κ2) is 4.03. The zero-order valence-electron chi connectivity index (χ0n) is 8.73. The fourth-order valence-electron chi connectivity index (χ4n) is 1.33. The normalized spacial score (nSPS) is 12.9. The van der Waals surface area contributed by atoms with Crippen molar-refractivity contribution in [2.45, 2.75) is 25.6 Å². The molecule has 0 radical (unpaired) electrons. The largest absolute Gasteiger partial charge is 0.416 e. The molecule has 0 spiro atoms. The van der Waals surface area contributed by atoms with Crippen LogP contribution in [0.1, 0.15) is 25.0 Å². The maximum absolute atomic E-state index is 12.9. The number of nitrogens with two attached hydrogens (primary N) is 1. The van der Waals surface area contributed by atoms with Crippen LogP contribution in [0.3, 0.4) is 0 Å². The second-order valence-corrected chi connectivity index (χ2v) is 3.82. The molecule has 0 aliphatic heterocycles. The quantitative estimate of drug-likeness (QED) is 0.634. The second-order valence-electron chi connectivity index (χ2n) is 3.82. The van der Waals surface area contributed by atoms with Crippen molar-refractivity contribution in [1.82, 2.24) is 0 Å². The lowest BCUT2D eigenvalue weighted by atomic mass is 9.92. The molecule has 0 aliphatic rings. The Morgan fingerprint density at radius 2 is 1.69 bits per heavy atom. The summed E-state index contributed by atoms with van der Waals surface area (Å²) in [6.45, 7) is 2.66. The lowest BCUT2D eigenvalue weighted by Gasteiger charge is -2.26. The van der Waals surface area contributed by atoms with Crippen LogP contribution in [0.25, 0.3) is 0 Å². The molecule has 0 heterocycles. The van der Waals surface area contributed by atoms with Crippen LogP contribution in [0, 0.1) is 5.82 Å². The Labute approximate surface area is 90.0 Å². The maximum atomic E-state index is 12.9. The summed E-state index contributed by atoms with van der Waals surface area (Å²) < 4.78 is 50.8. The maximum Gasteiger partial charge on any atom is 0.416 e. The van der Waals surface area contributed by atoms with Crippen molar-refractivity contribution in [2.24, 2.45) is 5.90 Å². The molecule has 0 bridgehead atoms. The molecule has 0 amide bonds. The van der Waals surface area contributed by atoms with E-state index in [4.69, 9.17) is 5.90 Å². The summed E-state index contributed by atoms with van der Waals surface area (Å²) in [5, 5.41) is 0. The molecular weight excluding hydrogens is 226 g/mol. The van der Waals surface area contributed by atoms with E-state index in [9.17, 15) is 17.6 Å². The number of halogens is 4. The van der Waals surface area contributed by atoms with E-state index in [2.05, 4.69) is 4.84 Å². The molecule has 0 unspecified atom stereocenters. The Kier molecular flexibility index (Phi) is 3.25. The van der Waals surface area contributed by atoms with Gasteiger partial charge in [-0.1, -0.05) is 0 Å². The van der Waals surface area contributed by atoms with Crippen LogP contribution in [0.15, 0.2) is 18.2 Å². The third-order valence-corrected chi connectivity index (χ3v) is 2.23. The zero-order valence-corrected chi connectivity index (χ0v) is 8.73. The van der Waals surface area contributed by atoms with Gasteiger partial charge in [0, 0.05) is 5.56 Å². The molecule has 1 rings (SSSR count). The number of benzene rings is 1. The van der Waals surface area contributed by atoms with Crippen LogP contribution in [0.4, 0.5) is 17.6 Å². The van der Waals surface area contributed by atoms with E-state index in [1.807, 2.05) is 0 Å². The molecule has 1 aromatic carbocycles. The molecule has 2 N–H and O–H groups in total. The standard InChI is InChI=1S/C10H11F4NO/c1-9(2,16-15)8-5-6(11)3-4-7(8)10(12,13)14/h3-5H,15H2,1-2H3. The highest BCUT2D eigenvalue weighted by atomic mass is 19.4. The third-order valence-electron chi connectivity index (χ3n) is 2.23. The lowest BCUT2D eigenvalue weighted by molar-refractivity contribution is -0.141. The minimum atomic E-state index is -4.57. The van der Waals surface area contributed by atoms with Crippen LogP contribution in [-0.2, 0) is 16.6 Å². The summed E-state index contributed by atoms with van der Waals surface area (Å²) in [5.74, 6) is 4.14. The molecule has 2 nitrogen and oxygen atoms in total. The summed E-state index contributed by atoms with van der Waals surface area (Å²) in [4.78, 5) is 4.45. The van der Waals surface area contributed by atoms with Gasteiger partial charge in [-0.3, -0.25) is 4.84 Å². The molecule has 0 saturated carbocycles. The first-order chi connectivity index (χ1) is 7.18. The van der Waals surface area contributed by atoms with Gasteiger partial charge in [-0.15, -0.1) is 0 Å². The smallest absolute Gasteiger partial charge is 0.294 e. The summed E-state index contributed by atoms with van der Waals surface area (Å²) in [7, 11) is 0. The van der Waals surface area contributed by atoms with Crippen molar-refractivity contribution in [2.75, 3.05) is 0 Å². The fraction of sp³-hybridized carbons (Fsp3) is 0.400. The van der Waals surface area contributed by atoms with Gasteiger partial charge in [0.25, 0.3) is 0 Å². The van der Waals surface area contributed by atoms with Crippen molar-refractivity contribution in [3.8, 4) is 0 Å². The summed E-state index contributed by atoms with van der Waals surface area (Å²) >= 11 is 0. The van der Waals surface area contributed by atoms with Crippen LogP contribution in [0.5, 0.6) is 0 Å². The van der Waals surface area contributed by atoms with Crippen molar-refractivity contribution in [3.05, 3.63) is 35.1 Å². The number of hydrogen-bond acceptors (Lipinski definition) is 2. The van der Waals surface area contributed by atoms with Crippen molar-refractivity contribution in [1.29, 1.82) is 0 Å². The summed E-state index contributed by atoms with van der Waals surface area (Å²) in [5.41, 5.74) is -2.70. The van der Waals surface area contributed by atoms with Gasteiger partial charge in [0.1, 0.15) is 11.4 Å². The van der Waals surface area contributed by atoms with E-state index < -0.39 is 23.2 Å². The average Bonchev–Trinajstić information content (AvgIpc) is 2.15. The van der Waals surface area contributed by atoms with Crippen LogP contribution in [0.2, 0.25) is 0 Å². The minimum absolute atomic E-state index is 0.331. The molecule has 0 fully saturated rings. The highest BCUT2D eigenvalue weighted by molar-refractivity contribution is 5.34. The van der Waals surface area contributed by atoms with Crippen molar-refractivity contribution >= 4 is 0 Å². The van der Waals surface area contributed by atoms with Crippen LogP contribution < -0.4 is 5.90 Å². The van der Waals surface area contributed by atoms with E-state index in [1.165, 1.54) is 13.8 Å². The number of alkyl halides is 3. The van der Waals surface area contributed by atoms with Gasteiger partial charge in [0.2, 0.25) is 0 Å². The molecule has 1 aromatic rings. The van der Waals surface area contributed by atoms with Crippen molar-refractivity contribution < 1.29 is 22.4 Å². The average molecular weight is 237 g/mol. The fourth-order valence-corrected chi connectivity index (χ4v) is 1.33. The highest BCUT2D eigenvalue weighted by Gasteiger charge is 2.38.